The van der Waals surface area contributed by atoms with Gasteiger partial charge >= 0.3 is 5.97 Å². The molecule has 4 nitrogen and oxygen atoms in total. The average molecular weight is 419 g/mol. The molecule has 0 N–H and O–H groups in total. The van der Waals surface area contributed by atoms with E-state index in [0.29, 0.717) is 29.2 Å². The Bertz CT molecular complexity index is 753. The number of halogens is 1. The van der Waals surface area contributed by atoms with Crippen molar-refractivity contribution in [1.82, 2.24) is 0 Å². The fourth-order valence-corrected chi connectivity index (χ4v) is 2.87. The van der Waals surface area contributed by atoms with Gasteiger partial charge in [0.25, 0.3) is 0 Å². The average Bonchev–Trinajstić information content (AvgIpc) is 2.63. The van der Waals surface area contributed by atoms with E-state index in [1.54, 1.807) is 42.5 Å². The molecular formula is C21H23BrO4. The first kappa shape index (κ1) is 20.2. The molecule has 0 radical (unpaired) electrons. The van der Waals surface area contributed by atoms with Gasteiger partial charge in [-0.25, -0.2) is 4.79 Å². The van der Waals surface area contributed by atoms with Crippen LogP contribution in [-0.4, -0.2) is 18.4 Å². The van der Waals surface area contributed by atoms with E-state index in [9.17, 15) is 9.59 Å². The van der Waals surface area contributed by atoms with E-state index < -0.39 is 5.97 Å². The summed E-state index contributed by atoms with van der Waals surface area (Å²) < 4.78 is 11.8. The number of benzene rings is 2. The van der Waals surface area contributed by atoms with E-state index in [1.165, 1.54) is 19.8 Å². The highest BCUT2D eigenvalue weighted by Gasteiger charge is 2.12. The molecule has 0 aliphatic carbocycles. The Morgan fingerprint density at radius 2 is 1.65 bits per heavy atom. The minimum Gasteiger partial charge on any atom is -0.492 e. The van der Waals surface area contributed by atoms with Gasteiger partial charge in [0.2, 0.25) is 0 Å². The van der Waals surface area contributed by atoms with Crippen LogP contribution in [0.25, 0.3) is 0 Å². The third-order valence-electron chi connectivity index (χ3n) is 3.89. The van der Waals surface area contributed by atoms with Gasteiger partial charge in [-0.1, -0.05) is 26.2 Å². The Hall–Kier alpha value is -2.14. The summed E-state index contributed by atoms with van der Waals surface area (Å²) in [6.45, 7) is 4.32. The first-order chi connectivity index (χ1) is 12.5. The predicted molar refractivity (Wildman–Crippen MR) is 105 cm³/mol. The zero-order chi connectivity index (χ0) is 18.9. The number of carbonyl (C=O) groups is 2. The van der Waals surface area contributed by atoms with Crippen LogP contribution in [0.1, 0.15) is 60.2 Å². The highest BCUT2D eigenvalue weighted by atomic mass is 79.9. The highest BCUT2D eigenvalue weighted by Crippen LogP contribution is 2.27. The summed E-state index contributed by atoms with van der Waals surface area (Å²) in [5.74, 6) is 0.615. The van der Waals surface area contributed by atoms with Gasteiger partial charge in [-0.2, -0.15) is 0 Å². The summed E-state index contributed by atoms with van der Waals surface area (Å²) in [6, 6.07) is 11.6. The lowest BCUT2D eigenvalue weighted by atomic mass is 10.1. The smallest absolute Gasteiger partial charge is 0.343 e. The minimum atomic E-state index is -0.462. The predicted octanol–water partition coefficient (Wildman–Crippen LogP) is 5.83. The molecule has 0 atom stereocenters. The van der Waals surface area contributed by atoms with Crippen molar-refractivity contribution in [3.8, 4) is 11.5 Å². The van der Waals surface area contributed by atoms with Gasteiger partial charge in [0.05, 0.1) is 16.6 Å². The monoisotopic (exact) mass is 418 g/mol. The van der Waals surface area contributed by atoms with Gasteiger partial charge in [0.1, 0.15) is 11.5 Å². The van der Waals surface area contributed by atoms with Crippen molar-refractivity contribution >= 4 is 27.7 Å². The molecule has 0 aliphatic heterocycles. The van der Waals surface area contributed by atoms with E-state index in [0.717, 1.165) is 17.3 Å². The molecule has 0 saturated carbocycles. The van der Waals surface area contributed by atoms with Gasteiger partial charge in [0.15, 0.2) is 5.78 Å². The summed E-state index contributed by atoms with van der Waals surface area (Å²) >= 11 is 3.44. The Morgan fingerprint density at radius 1 is 0.962 bits per heavy atom. The molecule has 0 amide bonds. The zero-order valence-electron chi connectivity index (χ0n) is 15.1. The minimum absolute atomic E-state index is 0.0305. The number of unbranched alkanes of at least 4 members (excludes halogenated alkanes) is 3. The molecule has 2 aromatic rings. The molecule has 0 saturated heterocycles. The number of ether oxygens (including phenoxy) is 2. The Morgan fingerprint density at radius 3 is 2.27 bits per heavy atom. The molecule has 138 valence electrons. The summed E-state index contributed by atoms with van der Waals surface area (Å²) in [5, 5.41) is 0. The Balaban J connectivity index is 1.94. The highest BCUT2D eigenvalue weighted by molar-refractivity contribution is 9.10. The lowest BCUT2D eigenvalue weighted by molar-refractivity contribution is 0.0734. The first-order valence-corrected chi connectivity index (χ1v) is 9.56. The molecule has 2 aromatic carbocycles. The molecule has 0 heterocycles. The standard InChI is InChI=1S/C21H23BrO4/c1-3-4-5-6-13-25-20-12-9-17(14-19(20)22)21(24)26-18-10-7-16(8-11-18)15(2)23/h7-12,14H,3-6,13H2,1-2H3. The molecule has 2 rings (SSSR count). The van der Waals surface area contributed by atoms with Crippen molar-refractivity contribution in [2.24, 2.45) is 0 Å². The number of hydrogen-bond donors (Lipinski definition) is 0. The number of Topliss-reactive ketones (excluding diaryl/α,β-unsaturated/α-hetero) is 1. The largest absolute Gasteiger partial charge is 0.492 e. The van der Waals surface area contributed by atoms with Gasteiger partial charge < -0.3 is 9.47 Å². The number of rotatable bonds is 9. The van der Waals surface area contributed by atoms with E-state index >= 15 is 0 Å². The quantitative estimate of drug-likeness (QED) is 0.222. The van der Waals surface area contributed by atoms with Crippen molar-refractivity contribution in [3.05, 3.63) is 58.1 Å². The maximum atomic E-state index is 12.3. The van der Waals surface area contributed by atoms with Crippen LogP contribution >= 0.6 is 15.9 Å². The van der Waals surface area contributed by atoms with Crippen LogP contribution in [0.3, 0.4) is 0 Å². The summed E-state index contributed by atoms with van der Waals surface area (Å²) in [7, 11) is 0. The maximum absolute atomic E-state index is 12.3. The molecule has 0 unspecified atom stereocenters. The summed E-state index contributed by atoms with van der Waals surface area (Å²) in [6.07, 6.45) is 4.57. The fraction of sp³-hybridized carbons (Fsp3) is 0.333. The molecule has 0 spiro atoms. The summed E-state index contributed by atoms with van der Waals surface area (Å²) in [4.78, 5) is 23.5. The number of ketones is 1. The molecule has 0 bridgehead atoms. The summed E-state index contributed by atoms with van der Waals surface area (Å²) in [5.41, 5.74) is 0.999. The van der Waals surface area contributed by atoms with Gasteiger partial charge in [-0.3, -0.25) is 4.79 Å². The molecule has 26 heavy (non-hydrogen) atoms. The van der Waals surface area contributed by atoms with Crippen LogP contribution in [-0.2, 0) is 0 Å². The molecule has 5 heteroatoms. The number of carbonyl (C=O) groups excluding carboxylic acids is 2. The Labute approximate surface area is 162 Å². The van der Waals surface area contributed by atoms with Crippen molar-refractivity contribution in [2.75, 3.05) is 6.61 Å². The fourth-order valence-electron chi connectivity index (χ4n) is 2.38. The van der Waals surface area contributed by atoms with E-state index in [2.05, 4.69) is 22.9 Å². The van der Waals surface area contributed by atoms with Crippen LogP contribution in [0.5, 0.6) is 11.5 Å². The third-order valence-corrected chi connectivity index (χ3v) is 4.51. The van der Waals surface area contributed by atoms with Crippen molar-refractivity contribution in [1.29, 1.82) is 0 Å². The second-order valence-electron chi connectivity index (χ2n) is 6.02. The van der Waals surface area contributed by atoms with E-state index in [4.69, 9.17) is 9.47 Å². The number of esters is 1. The SMILES string of the molecule is CCCCCCOc1ccc(C(=O)Oc2ccc(C(C)=O)cc2)cc1Br. The topological polar surface area (TPSA) is 52.6 Å². The lowest BCUT2D eigenvalue weighted by Gasteiger charge is -2.10. The van der Waals surface area contributed by atoms with Gasteiger partial charge in [-0.15, -0.1) is 0 Å². The van der Waals surface area contributed by atoms with Gasteiger partial charge in [0, 0.05) is 5.56 Å². The van der Waals surface area contributed by atoms with Crippen molar-refractivity contribution < 1.29 is 19.1 Å². The van der Waals surface area contributed by atoms with Crippen molar-refractivity contribution in [2.45, 2.75) is 39.5 Å². The van der Waals surface area contributed by atoms with Crippen LogP contribution in [0.2, 0.25) is 0 Å². The maximum Gasteiger partial charge on any atom is 0.343 e. The second kappa shape index (κ2) is 10.1. The molecule has 0 aromatic heterocycles. The van der Waals surface area contributed by atoms with Crippen LogP contribution in [0.15, 0.2) is 46.9 Å². The van der Waals surface area contributed by atoms with Crippen LogP contribution in [0, 0.1) is 0 Å². The van der Waals surface area contributed by atoms with E-state index in [-0.39, 0.29) is 5.78 Å². The lowest BCUT2D eigenvalue weighted by Crippen LogP contribution is -2.09. The first-order valence-electron chi connectivity index (χ1n) is 8.76. The van der Waals surface area contributed by atoms with Gasteiger partial charge in [-0.05, 0) is 71.7 Å². The normalized spacial score (nSPS) is 10.4. The third kappa shape index (κ3) is 5.99. The van der Waals surface area contributed by atoms with Crippen LogP contribution in [0.4, 0.5) is 0 Å². The van der Waals surface area contributed by atoms with E-state index in [1.807, 2.05) is 0 Å². The molecule has 0 aliphatic rings. The van der Waals surface area contributed by atoms with Crippen LogP contribution < -0.4 is 9.47 Å². The van der Waals surface area contributed by atoms with Crippen molar-refractivity contribution in [3.63, 3.8) is 0 Å². The molecular weight excluding hydrogens is 396 g/mol. The molecule has 0 fully saturated rings. The Kier molecular flexibility index (Phi) is 7.85. The zero-order valence-corrected chi connectivity index (χ0v) is 16.7. The second-order valence-corrected chi connectivity index (χ2v) is 6.88. The number of hydrogen-bond acceptors (Lipinski definition) is 4.